The van der Waals surface area contributed by atoms with Crippen LogP contribution in [0.15, 0.2) is 24.7 Å². The largest absolute Gasteiger partial charge is 0.397 e. The van der Waals surface area contributed by atoms with E-state index in [9.17, 15) is 0 Å². The molecule has 3 rings (SSSR count). The third kappa shape index (κ3) is 2.22. The maximum atomic E-state index is 6.00. The fourth-order valence-corrected chi connectivity index (χ4v) is 2.00. The lowest BCUT2D eigenvalue weighted by Gasteiger charge is -2.09. The molecule has 0 saturated heterocycles. The van der Waals surface area contributed by atoms with Crippen molar-refractivity contribution in [2.75, 3.05) is 17.6 Å². The van der Waals surface area contributed by atoms with Crippen LogP contribution in [0.5, 0.6) is 0 Å². The van der Waals surface area contributed by atoms with Gasteiger partial charge in [0.15, 0.2) is 0 Å². The molecule has 19 heavy (non-hydrogen) atoms. The average molecular weight is 257 g/mol. The Labute approximate surface area is 109 Å². The third-order valence-corrected chi connectivity index (χ3v) is 3.08. The minimum atomic E-state index is 0.715. The number of nitrogen functional groups attached to an aromatic ring is 1. The van der Waals surface area contributed by atoms with E-state index in [4.69, 9.17) is 5.73 Å². The van der Waals surface area contributed by atoms with Gasteiger partial charge >= 0.3 is 0 Å². The number of aromatic nitrogens is 5. The predicted molar refractivity (Wildman–Crippen MR) is 73.7 cm³/mol. The number of hydrogen-bond donors (Lipinski definition) is 3. The van der Waals surface area contributed by atoms with E-state index in [1.165, 1.54) is 0 Å². The second kappa shape index (κ2) is 4.60. The fourth-order valence-electron chi connectivity index (χ4n) is 2.00. The molecule has 4 N–H and O–H groups in total. The van der Waals surface area contributed by atoms with Gasteiger partial charge in [-0.2, -0.15) is 5.10 Å². The van der Waals surface area contributed by atoms with Crippen molar-refractivity contribution >= 4 is 22.3 Å². The Hall–Kier alpha value is -2.57. The summed E-state index contributed by atoms with van der Waals surface area (Å²) in [5.74, 6) is 0.939. The van der Waals surface area contributed by atoms with E-state index in [1.54, 1.807) is 12.5 Å². The van der Waals surface area contributed by atoms with Gasteiger partial charge in [0.2, 0.25) is 0 Å². The molecule has 7 nitrogen and oxygen atoms in total. The van der Waals surface area contributed by atoms with E-state index >= 15 is 0 Å². The van der Waals surface area contributed by atoms with Crippen LogP contribution in [-0.4, -0.2) is 31.5 Å². The van der Waals surface area contributed by atoms with Gasteiger partial charge in [-0.15, -0.1) is 10.2 Å². The molecule has 2 aromatic heterocycles. The Balaban J connectivity index is 1.71. The summed E-state index contributed by atoms with van der Waals surface area (Å²) in [6, 6.07) is 3.87. The first kappa shape index (κ1) is 11.5. The zero-order valence-corrected chi connectivity index (χ0v) is 10.6. The van der Waals surface area contributed by atoms with Crippen LogP contribution in [0, 0.1) is 0 Å². The van der Waals surface area contributed by atoms with Gasteiger partial charge in [-0.25, -0.2) is 0 Å². The molecule has 0 fully saturated rings. The molecule has 7 heteroatoms. The maximum absolute atomic E-state index is 6.00. The number of hydrogen-bond acceptors (Lipinski definition) is 5. The van der Waals surface area contributed by atoms with Gasteiger partial charge in [-0.1, -0.05) is 0 Å². The Morgan fingerprint density at radius 2 is 2.32 bits per heavy atom. The molecule has 0 aliphatic rings. The van der Waals surface area contributed by atoms with Crippen molar-refractivity contribution in [3.05, 3.63) is 30.5 Å². The lowest BCUT2D eigenvalue weighted by atomic mass is 10.2. The van der Waals surface area contributed by atoms with E-state index in [2.05, 4.69) is 25.7 Å². The van der Waals surface area contributed by atoms with Crippen LogP contribution in [0.2, 0.25) is 0 Å². The first-order chi connectivity index (χ1) is 9.24. The van der Waals surface area contributed by atoms with Crippen molar-refractivity contribution in [1.82, 2.24) is 25.0 Å². The Morgan fingerprint density at radius 1 is 1.42 bits per heavy atom. The molecule has 98 valence electrons. The van der Waals surface area contributed by atoms with Crippen LogP contribution in [0.1, 0.15) is 5.82 Å². The molecule has 2 heterocycles. The monoisotopic (exact) mass is 257 g/mol. The molecule has 1 aromatic carbocycles. The number of aromatic amines is 1. The zero-order valence-electron chi connectivity index (χ0n) is 10.6. The molecule has 0 atom stereocenters. The number of nitrogens with two attached hydrogens (primary N) is 1. The molecule has 3 aromatic rings. The maximum Gasteiger partial charge on any atom is 0.134 e. The van der Waals surface area contributed by atoms with Crippen molar-refractivity contribution < 1.29 is 0 Å². The SMILES string of the molecule is Cn1cnnc1CCNc1cc2[nH]ncc2cc1N. The molecule has 0 bridgehead atoms. The smallest absolute Gasteiger partial charge is 0.134 e. The predicted octanol–water partition coefficient (Wildman–Crippen LogP) is 0.928. The number of fused-ring (bicyclic) bond motifs is 1. The molecule has 0 aliphatic heterocycles. The zero-order chi connectivity index (χ0) is 13.2. The first-order valence-corrected chi connectivity index (χ1v) is 6.03. The summed E-state index contributed by atoms with van der Waals surface area (Å²) in [5.41, 5.74) is 8.58. The van der Waals surface area contributed by atoms with E-state index < -0.39 is 0 Å². The van der Waals surface area contributed by atoms with Crippen molar-refractivity contribution in [2.45, 2.75) is 6.42 Å². The summed E-state index contributed by atoms with van der Waals surface area (Å²) in [6.45, 7) is 0.746. The van der Waals surface area contributed by atoms with Gasteiger partial charge < -0.3 is 15.6 Å². The molecule has 0 unspecified atom stereocenters. The molecule has 0 spiro atoms. The second-order valence-corrected chi connectivity index (χ2v) is 4.43. The number of anilines is 2. The Bertz CT molecular complexity index is 697. The molecular weight excluding hydrogens is 242 g/mol. The number of nitrogens with one attached hydrogen (secondary N) is 2. The van der Waals surface area contributed by atoms with Gasteiger partial charge in [0.25, 0.3) is 0 Å². The summed E-state index contributed by atoms with van der Waals surface area (Å²) in [6.07, 6.45) is 4.24. The van der Waals surface area contributed by atoms with Crippen molar-refractivity contribution in [3.8, 4) is 0 Å². The standard InChI is InChI=1S/C12H15N7/c1-19-7-16-18-12(19)2-3-14-11-5-10-8(4-9(11)13)6-15-17-10/h4-7,14H,2-3,13H2,1H3,(H,15,17). The van der Waals surface area contributed by atoms with Crippen molar-refractivity contribution in [3.63, 3.8) is 0 Å². The van der Waals surface area contributed by atoms with Gasteiger partial charge in [0.1, 0.15) is 12.2 Å². The normalized spacial score (nSPS) is 11.0. The first-order valence-electron chi connectivity index (χ1n) is 6.03. The molecule has 0 amide bonds. The fraction of sp³-hybridized carbons (Fsp3) is 0.250. The quantitative estimate of drug-likeness (QED) is 0.604. The topological polar surface area (TPSA) is 97.4 Å². The van der Waals surface area contributed by atoms with Crippen LogP contribution in [-0.2, 0) is 13.5 Å². The van der Waals surface area contributed by atoms with Gasteiger partial charge in [0, 0.05) is 25.4 Å². The van der Waals surface area contributed by atoms with Crippen molar-refractivity contribution in [1.29, 1.82) is 0 Å². The van der Waals surface area contributed by atoms with E-state index in [1.807, 2.05) is 23.7 Å². The van der Waals surface area contributed by atoms with E-state index in [0.29, 0.717) is 5.69 Å². The highest BCUT2D eigenvalue weighted by Crippen LogP contribution is 2.24. The lowest BCUT2D eigenvalue weighted by Crippen LogP contribution is -2.09. The van der Waals surface area contributed by atoms with Crippen molar-refractivity contribution in [2.24, 2.45) is 7.05 Å². The molecular formula is C12H15N7. The number of H-pyrrole nitrogens is 1. The number of benzene rings is 1. The number of nitrogens with zero attached hydrogens (tertiary/aromatic N) is 4. The Kier molecular flexibility index (Phi) is 2.79. The lowest BCUT2D eigenvalue weighted by molar-refractivity contribution is 0.788. The summed E-state index contributed by atoms with van der Waals surface area (Å²) in [5, 5.41) is 19.1. The highest BCUT2D eigenvalue weighted by atomic mass is 15.2. The minimum absolute atomic E-state index is 0.715. The van der Waals surface area contributed by atoms with Crippen LogP contribution in [0.4, 0.5) is 11.4 Å². The molecule has 0 aliphatic carbocycles. The van der Waals surface area contributed by atoms with Crippen LogP contribution in [0.25, 0.3) is 10.9 Å². The average Bonchev–Trinajstić information content (AvgIpc) is 2.99. The van der Waals surface area contributed by atoms with E-state index in [-0.39, 0.29) is 0 Å². The molecule has 0 saturated carbocycles. The van der Waals surface area contributed by atoms with Gasteiger partial charge in [-0.3, -0.25) is 5.10 Å². The minimum Gasteiger partial charge on any atom is -0.397 e. The van der Waals surface area contributed by atoms with Crippen LogP contribution >= 0.6 is 0 Å². The molecule has 0 radical (unpaired) electrons. The highest BCUT2D eigenvalue weighted by molar-refractivity contribution is 5.88. The summed E-state index contributed by atoms with van der Waals surface area (Å²) in [4.78, 5) is 0. The summed E-state index contributed by atoms with van der Waals surface area (Å²) < 4.78 is 1.91. The third-order valence-electron chi connectivity index (χ3n) is 3.08. The van der Waals surface area contributed by atoms with Crippen LogP contribution in [0.3, 0.4) is 0 Å². The van der Waals surface area contributed by atoms with Crippen LogP contribution < -0.4 is 11.1 Å². The van der Waals surface area contributed by atoms with Gasteiger partial charge in [-0.05, 0) is 12.1 Å². The summed E-state index contributed by atoms with van der Waals surface area (Å²) in [7, 11) is 1.93. The number of aryl methyl sites for hydroxylation is 1. The Morgan fingerprint density at radius 3 is 3.11 bits per heavy atom. The second-order valence-electron chi connectivity index (χ2n) is 4.43. The summed E-state index contributed by atoms with van der Waals surface area (Å²) >= 11 is 0. The van der Waals surface area contributed by atoms with Gasteiger partial charge in [0.05, 0.1) is 23.1 Å². The van der Waals surface area contributed by atoms with E-state index in [0.717, 1.165) is 35.4 Å². The highest BCUT2D eigenvalue weighted by Gasteiger charge is 2.04. The number of rotatable bonds is 4.